The van der Waals surface area contributed by atoms with Crippen LogP contribution in [0.5, 0.6) is 0 Å². The van der Waals surface area contributed by atoms with E-state index in [4.69, 9.17) is 10.8 Å². The lowest BCUT2D eigenvalue weighted by atomic mass is 10.2. The van der Waals surface area contributed by atoms with Crippen molar-refractivity contribution < 1.29 is 4.42 Å². The highest BCUT2D eigenvalue weighted by molar-refractivity contribution is 5.82. The summed E-state index contributed by atoms with van der Waals surface area (Å²) >= 11 is 0. The number of furan rings is 1. The van der Waals surface area contributed by atoms with Gasteiger partial charge in [0.15, 0.2) is 0 Å². The van der Waals surface area contributed by atoms with Gasteiger partial charge in [-0.15, -0.1) is 6.42 Å². The first-order valence-electron chi connectivity index (χ1n) is 3.26. The topological polar surface area (TPSA) is 13.1 Å². The molecule has 2 aromatic rings. The van der Waals surface area contributed by atoms with Crippen LogP contribution in [0, 0.1) is 18.4 Å². The van der Waals surface area contributed by atoms with Gasteiger partial charge in [0.25, 0.3) is 0 Å². The van der Waals surface area contributed by atoms with Gasteiger partial charge in [-0.3, -0.25) is 0 Å². The first-order chi connectivity index (χ1) is 5.42. The van der Waals surface area contributed by atoms with Crippen LogP contribution < -0.4 is 0 Å². The van der Waals surface area contributed by atoms with Crippen LogP contribution in [0.4, 0.5) is 0 Å². The summed E-state index contributed by atoms with van der Waals surface area (Å²) in [5, 5.41) is 0.931. The number of rotatable bonds is 0. The van der Waals surface area contributed by atoms with E-state index in [9.17, 15) is 0 Å². The molecule has 0 aliphatic carbocycles. The Morgan fingerprint density at radius 2 is 2.36 bits per heavy atom. The van der Waals surface area contributed by atoms with Crippen molar-refractivity contribution in [3.8, 4) is 12.3 Å². The summed E-state index contributed by atoms with van der Waals surface area (Å²) in [4.78, 5) is 0. The van der Waals surface area contributed by atoms with E-state index in [2.05, 4.69) is 12.0 Å². The maximum absolute atomic E-state index is 5.25. The zero-order valence-corrected chi connectivity index (χ0v) is 5.79. The molecule has 1 radical (unpaired) electrons. The molecule has 0 amide bonds. The number of fused-ring (bicyclic) bond motifs is 1. The van der Waals surface area contributed by atoms with Crippen LogP contribution in [-0.2, 0) is 0 Å². The Balaban J connectivity index is 2.92. The Labute approximate surface area is 64.6 Å². The van der Waals surface area contributed by atoms with E-state index in [1.807, 2.05) is 18.2 Å². The highest BCUT2D eigenvalue weighted by atomic mass is 16.3. The van der Waals surface area contributed by atoms with Crippen molar-refractivity contribution in [2.45, 2.75) is 0 Å². The minimum atomic E-state index is 0.745. The predicted molar refractivity (Wildman–Crippen MR) is 43.0 cm³/mol. The fourth-order valence-corrected chi connectivity index (χ4v) is 1.04. The van der Waals surface area contributed by atoms with Crippen LogP contribution in [0.1, 0.15) is 5.56 Å². The van der Waals surface area contributed by atoms with Crippen molar-refractivity contribution in [2.24, 2.45) is 0 Å². The van der Waals surface area contributed by atoms with Crippen molar-refractivity contribution in [1.82, 2.24) is 0 Å². The van der Waals surface area contributed by atoms with Gasteiger partial charge in [-0.05, 0) is 6.07 Å². The van der Waals surface area contributed by atoms with Crippen LogP contribution in [0.3, 0.4) is 0 Å². The number of para-hydroxylation sites is 1. The van der Waals surface area contributed by atoms with E-state index in [-0.39, 0.29) is 0 Å². The fourth-order valence-electron chi connectivity index (χ4n) is 1.04. The zero-order chi connectivity index (χ0) is 7.68. The van der Waals surface area contributed by atoms with Crippen molar-refractivity contribution in [3.05, 3.63) is 36.1 Å². The van der Waals surface area contributed by atoms with Crippen molar-refractivity contribution in [3.63, 3.8) is 0 Å². The second-order valence-electron chi connectivity index (χ2n) is 2.21. The smallest absolute Gasteiger partial charge is 0.150 e. The lowest BCUT2D eigenvalue weighted by molar-refractivity contribution is 0.614. The third-order valence-corrected chi connectivity index (χ3v) is 1.56. The highest BCUT2D eigenvalue weighted by Gasteiger charge is 1.99. The van der Waals surface area contributed by atoms with Crippen LogP contribution in [-0.4, -0.2) is 0 Å². The van der Waals surface area contributed by atoms with E-state index in [0.717, 1.165) is 16.5 Å². The number of terminal acetylenes is 1. The molecule has 11 heavy (non-hydrogen) atoms. The normalized spacial score (nSPS) is 9.73. The van der Waals surface area contributed by atoms with E-state index >= 15 is 0 Å². The average Bonchev–Trinajstić information content (AvgIpc) is 2.50. The first kappa shape index (κ1) is 6.06. The summed E-state index contributed by atoms with van der Waals surface area (Å²) in [5.74, 6) is 2.54. The Kier molecular flexibility index (Phi) is 1.20. The minimum absolute atomic E-state index is 0.745. The summed E-state index contributed by atoms with van der Waals surface area (Å²) in [5.41, 5.74) is 1.53. The summed E-state index contributed by atoms with van der Waals surface area (Å²) in [7, 11) is 0. The van der Waals surface area contributed by atoms with Crippen molar-refractivity contribution >= 4 is 11.0 Å². The van der Waals surface area contributed by atoms with Gasteiger partial charge in [-0.1, -0.05) is 18.1 Å². The Bertz CT molecular complexity index is 418. The quantitative estimate of drug-likeness (QED) is 0.512. The SMILES string of the molecule is C#Cc1cccc2[c]coc12. The summed E-state index contributed by atoms with van der Waals surface area (Å²) in [6, 6.07) is 8.59. The van der Waals surface area contributed by atoms with Gasteiger partial charge in [0.2, 0.25) is 0 Å². The van der Waals surface area contributed by atoms with Crippen LogP contribution in [0.25, 0.3) is 11.0 Å². The third-order valence-electron chi connectivity index (χ3n) is 1.56. The number of hydrogen-bond acceptors (Lipinski definition) is 1. The molecule has 1 heteroatoms. The molecule has 1 nitrogen and oxygen atoms in total. The van der Waals surface area contributed by atoms with Crippen LogP contribution in [0.15, 0.2) is 28.9 Å². The maximum Gasteiger partial charge on any atom is 0.150 e. The molecular weight excluding hydrogens is 136 g/mol. The van der Waals surface area contributed by atoms with E-state index in [0.29, 0.717) is 0 Å². The van der Waals surface area contributed by atoms with Gasteiger partial charge < -0.3 is 4.42 Å². The van der Waals surface area contributed by atoms with Crippen molar-refractivity contribution in [2.75, 3.05) is 0 Å². The molecule has 2 rings (SSSR count). The largest absolute Gasteiger partial charge is 0.462 e. The number of hydrogen-bond donors (Lipinski definition) is 0. The molecule has 0 atom stereocenters. The summed E-state index contributed by atoms with van der Waals surface area (Å²) in [6.45, 7) is 0. The molecule has 0 aliphatic heterocycles. The van der Waals surface area contributed by atoms with Gasteiger partial charge in [0, 0.05) is 11.5 Å². The standard InChI is InChI=1S/C10H5O/c1-2-8-4-3-5-9-6-7-11-10(8)9/h1,3-5,7H. The van der Waals surface area contributed by atoms with Crippen LogP contribution in [0.2, 0.25) is 0 Å². The lowest BCUT2D eigenvalue weighted by Crippen LogP contribution is -1.72. The Morgan fingerprint density at radius 1 is 1.45 bits per heavy atom. The molecule has 1 aromatic heterocycles. The molecule has 0 saturated heterocycles. The predicted octanol–water partition coefficient (Wildman–Crippen LogP) is 2.21. The van der Waals surface area contributed by atoms with Gasteiger partial charge in [-0.25, -0.2) is 0 Å². The van der Waals surface area contributed by atoms with E-state index < -0.39 is 0 Å². The molecule has 1 aromatic carbocycles. The molecule has 0 bridgehead atoms. The van der Waals surface area contributed by atoms with Gasteiger partial charge >= 0.3 is 0 Å². The van der Waals surface area contributed by atoms with Gasteiger partial charge in [0.05, 0.1) is 11.8 Å². The number of benzene rings is 1. The molecule has 0 fully saturated rings. The molecule has 0 aliphatic rings. The molecule has 0 saturated carbocycles. The minimum Gasteiger partial charge on any atom is -0.462 e. The Morgan fingerprint density at radius 3 is 3.18 bits per heavy atom. The summed E-state index contributed by atoms with van der Waals surface area (Å²) < 4.78 is 5.14. The summed E-state index contributed by atoms with van der Waals surface area (Å²) in [6.07, 6.45) is 6.77. The second kappa shape index (κ2) is 2.17. The van der Waals surface area contributed by atoms with Gasteiger partial charge in [0.1, 0.15) is 5.58 Å². The molecule has 0 spiro atoms. The maximum atomic E-state index is 5.25. The molecular formula is C10H5O. The van der Waals surface area contributed by atoms with Crippen molar-refractivity contribution in [1.29, 1.82) is 0 Å². The Hall–Kier alpha value is -1.68. The molecule has 0 unspecified atom stereocenters. The van der Waals surface area contributed by atoms with E-state index in [1.54, 1.807) is 0 Å². The third kappa shape index (κ3) is 0.805. The second-order valence-corrected chi connectivity index (χ2v) is 2.21. The molecule has 0 N–H and O–H groups in total. The highest BCUT2D eigenvalue weighted by Crippen LogP contribution is 2.17. The zero-order valence-electron chi connectivity index (χ0n) is 5.79. The molecule has 51 valence electrons. The van der Waals surface area contributed by atoms with Gasteiger partial charge in [-0.2, -0.15) is 0 Å². The van der Waals surface area contributed by atoms with Crippen LogP contribution >= 0.6 is 0 Å². The lowest BCUT2D eigenvalue weighted by Gasteiger charge is -1.89. The average molecular weight is 141 g/mol. The monoisotopic (exact) mass is 141 g/mol. The van der Waals surface area contributed by atoms with E-state index in [1.165, 1.54) is 6.26 Å². The first-order valence-corrected chi connectivity index (χ1v) is 3.26. The fraction of sp³-hybridized carbons (Fsp3) is 0. The molecule has 1 heterocycles.